The Morgan fingerprint density at radius 1 is 0.339 bits per heavy atom. The van der Waals surface area contributed by atoms with Gasteiger partial charge < -0.3 is 18.8 Å². The summed E-state index contributed by atoms with van der Waals surface area (Å²) in [6.07, 6.45) is 0. The number of aromatic nitrogens is 2. The smallest absolute Gasteiger partial charge is 0.153 e. The minimum atomic E-state index is 0.797. The predicted molar refractivity (Wildman–Crippen MR) is 248 cm³/mol. The van der Waals surface area contributed by atoms with E-state index < -0.39 is 0 Å². The number of hydrogen-bond donors (Lipinski definition) is 0. The zero-order valence-electron chi connectivity index (χ0n) is 31.7. The van der Waals surface area contributed by atoms with Crippen molar-refractivity contribution in [2.45, 2.75) is 0 Å². The largest absolute Gasteiger partial charge is 0.453 e. The van der Waals surface area contributed by atoms with Crippen molar-refractivity contribution in [2.75, 3.05) is 4.90 Å². The first kappa shape index (κ1) is 32.5. The molecule has 4 nitrogen and oxygen atoms in total. The third kappa shape index (κ3) is 4.77. The Hall–Kier alpha value is -7.60. The Bertz CT molecular complexity index is 3410. The van der Waals surface area contributed by atoms with Crippen molar-refractivity contribution < 1.29 is 4.74 Å². The normalized spacial score (nSPS) is 12.5. The molecule has 0 N–H and O–H groups in total. The van der Waals surface area contributed by atoms with Crippen molar-refractivity contribution in [3.63, 3.8) is 0 Å². The van der Waals surface area contributed by atoms with Gasteiger partial charge in [-0.25, -0.2) is 0 Å². The van der Waals surface area contributed by atoms with Crippen molar-refractivity contribution in [3.05, 3.63) is 200 Å². The Balaban J connectivity index is 1.04. The molecule has 0 atom stereocenters. The minimum Gasteiger partial charge on any atom is -0.453 e. The molecule has 0 aliphatic carbocycles. The summed E-state index contributed by atoms with van der Waals surface area (Å²) >= 11 is 1.85. The Morgan fingerprint density at radius 3 is 1.36 bits per heavy atom. The van der Waals surface area contributed by atoms with Gasteiger partial charge in [0.1, 0.15) is 0 Å². The molecule has 1 aliphatic rings. The van der Waals surface area contributed by atoms with Gasteiger partial charge in [0.25, 0.3) is 0 Å². The summed E-state index contributed by atoms with van der Waals surface area (Å²) in [6.45, 7) is 0. The molecule has 13 rings (SSSR count). The van der Waals surface area contributed by atoms with Crippen LogP contribution in [0.15, 0.2) is 200 Å². The van der Waals surface area contributed by atoms with Crippen molar-refractivity contribution in [1.29, 1.82) is 0 Å². The van der Waals surface area contributed by atoms with E-state index in [1.54, 1.807) is 0 Å². The predicted octanol–water partition coefficient (Wildman–Crippen LogP) is 15.5. The molecule has 0 fully saturated rings. The molecule has 0 amide bonds. The van der Waals surface area contributed by atoms with Crippen LogP contribution in [-0.4, -0.2) is 9.13 Å². The highest BCUT2D eigenvalue weighted by molar-refractivity contribution is 7.25. The maximum absolute atomic E-state index is 7.13. The van der Waals surface area contributed by atoms with E-state index in [9.17, 15) is 0 Å². The molecule has 3 aromatic heterocycles. The highest BCUT2D eigenvalue weighted by atomic mass is 32.1. The number of nitrogens with zero attached hydrogens (tertiary/aromatic N) is 3. The van der Waals surface area contributed by atoms with E-state index >= 15 is 0 Å². The van der Waals surface area contributed by atoms with Gasteiger partial charge in [0, 0.05) is 59.4 Å². The Labute approximate surface area is 343 Å². The molecule has 9 aromatic carbocycles. The average Bonchev–Trinajstić information content (AvgIpc) is 3.95. The Morgan fingerprint density at radius 2 is 0.797 bits per heavy atom. The second kappa shape index (κ2) is 12.4. The molecule has 0 saturated heterocycles. The lowest BCUT2D eigenvalue weighted by atomic mass is 9.99. The fraction of sp³-hybridized carbons (Fsp3) is 0. The second-order valence-corrected chi connectivity index (χ2v) is 16.4. The van der Waals surface area contributed by atoms with Crippen LogP contribution in [0, 0.1) is 0 Å². The van der Waals surface area contributed by atoms with E-state index in [0.717, 1.165) is 67.6 Å². The molecule has 59 heavy (non-hydrogen) atoms. The summed E-state index contributed by atoms with van der Waals surface area (Å²) in [7, 11) is 0. The fourth-order valence-electron chi connectivity index (χ4n) is 9.53. The van der Waals surface area contributed by atoms with Crippen molar-refractivity contribution >= 4 is 92.2 Å². The molecule has 276 valence electrons. The van der Waals surface area contributed by atoms with E-state index in [1.807, 2.05) is 11.3 Å². The highest BCUT2D eigenvalue weighted by Gasteiger charge is 2.29. The van der Waals surface area contributed by atoms with Gasteiger partial charge in [-0.3, -0.25) is 0 Å². The van der Waals surface area contributed by atoms with E-state index in [-0.39, 0.29) is 0 Å². The number of benzene rings is 9. The molecule has 12 aromatic rings. The highest BCUT2D eigenvalue weighted by Crippen LogP contribution is 2.54. The summed E-state index contributed by atoms with van der Waals surface area (Å²) in [5, 5.41) is 7.50. The van der Waals surface area contributed by atoms with E-state index in [0.29, 0.717) is 0 Å². The summed E-state index contributed by atoms with van der Waals surface area (Å²) in [5.74, 6) is 1.59. The third-order valence-corrected chi connectivity index (χ3v) is 13.2. The minimum absolute atomic E-state index is 0.797. The molecule has 0 bridgehead atoms. The van der Waals surface area contributed by atoms with E-state index in [4.69, 9.17) is 4.74 Å². The molecule has 0 radical (unpaired) electrons. The molecule has 0 saturated carbocycles. The van der Waals surface area contributed by atoms with Crippen LogP contribution in [0.4, 0.5) is 17.1 Å². The molecule has 1 aliphatic heterocycles. The number of rotatable bonds is 4. The number of hydrogen-bond acceptors (Lipinski definition) is 3. The molecule has 0 unspecified atom stereocenters. The Kier molecular flexibility index (Phi) is 6.85. The first-order chi connectivity index (χ1) is 29.3. The lowest BCUT2D eigenvalue weighted by molar-refractivity contribution is 0.476. The molecule has 0 spiro atoms. The number of anilines is 3. The van der Waals surface area contributed by atoms with Crippen LogP contribution >= 0.6 is 11.3 Å². The topological polar surface area (TPSA) is 22.3 Å². The van der Waals surface area contributed by atoms with Crippen molar-refractivity contribution in [2.24, 2.45) is 0 Å². The van der Waals surface area contributed by atoms with Crippen LogP contribution in [0.1, 0.15) is 0 Å². The number of thiophene rings is 1. The van der Waals surface area contributed by atoms with Gasteiger partial charge >= 0.3 is 0 Å². The van der Waals surface area contributed by atoms with Gasteiger partial charge in [-0.1, -0.05) is 115 Å². The lowest BCUT2D eigenvalue weighted by Gasteiger charge is -2.34. The van der Waals surface area contributed by atoms with Crippen LogP contribution in [0.5, 0.6) is 11.5 Å². The number of para-hydroxylation sites is 5. The maximum atomic E-state index is 7.13. The third-order valence-electron chi connectivity index (χ3n) is 12.1. The van der Waals surface area contributed by atoms with E-state index in [1.165, 1.54) is 47.3 Å². The van der Waals surface area contributed by atoms with Gasteiger partial charge in [0.15, 0.2) is 11.5 Å². The maximum Gasteiger partial charge on any atom is 0.153 e. The molecular weight excluding hydrogens is 739 g/mol. The lowest BCUT2D eigenvalue weighted by Crippen LogP contribution is -2.17. The van der Waals surface area contributed by atoms with Gasteiger partial charge in [-0.05, 0) is 78.4 Å². The summed E-state index contributed by atoms with van der Waals surface area (Å²) in [6, 6.07) is 72.4. The molecule has 5 heteroatoms. The van der Waals surface area contributed by atoms with E-state index in [2.05, 4.69) is 214 Å². The van der Waals surface area contributed by atoms with Gasteiger partial charge in [-0.15, -0.1) is 11.3 Å². The zero-order valence-corrected chi connectivity index (χ0v) is 32.5. The van der Waals surface area contributed by atoms with Crippen LogP contribution in [0.25, 0.3) is 86.3 Å². The van der Waals surface area contributed by atoms with Crippen LogP contribution in [0.3, 0.4) is 0 Å². The van der Waals surface area contributed by atoms with Crippen LogP contribution in [0.2, 0.25) is 0 Å². The van der Waals surface area contributed by atoms with Crippen molar-refractivity contribution in [1.82, 2.24) is 9.13 Å². The fourth-order valence-corrected chi connectivity index (χ4v) is 10.6. The van der Waals surface area contributed by atoms with Crippen molar-refractivity contribution in [3.8, 4) is 34.0 Å². The molecule has 4 heterocycles. The first-order valence-corrected chi connectivity index (χ1v) is 20.8. The zero-order chi connectivity index (χ0) is 38.6. The van der Waals surface area contributed by atoms with Gasteiger partial charge in [0.2, 0.25) is 0 Å². The van der Waals surface area contributed by atoms with Crippen LogP contribution in [-0.2, 0) is 0 Å². The SMILES string of the molecule is c1ccc(N2c3ccc(-n4c5ccccc5c5ccccc54)cc3Oc3cc(-n4c5ccccc5c5ccccc54)ccc32)c(-c2ccc3sc4ccccc4c3c2)c1. The van der Waals surface area contributed by atoms with Gasteiger partial charge in [0.05, 0.1) is 50.5 Å². The number of fused-ring (bicyclic) bond motifs is 11. The summed E-state index contributed by atoms with van der Waals surface area (Å²) in [4.78, 5) is 2.39. The standard InChI is InChI=1S/C54H33N3OS/c1-7-19-44(37(13-1)34-25-30-54-43(31-34)42-18-6-12-24-53(42)59-54)57-49-28-26-35(55-45-20-8-2-14-38(45)39-15-3-9-21-46(39)55)32-51(49)58-52-33-36(27-29-50(52)57)56-47-22-10-4-16-40(47)41-17-5-11-23-48(41)56/h1-33H. The quantitative estimate of drug-likeness (QED) is 0.178. The monoisotopic (exact) mass is 771 g/mol. The summed E-state index contributed by atoms with van der Waals surface area (Å²) in [5.41, 5.74) is 12.1. The second-order valence-electron chi connectivity index (χ2n) is 15.3. The first-order valence-electron chi connectivity index (χ1n) is 20.0. The molecular formula is C54H33N3OS. The average molecular weight is 772 g/mol. The summed E-state index contributed by atoms with van der Waals surface area (Å²) < 4.78 is 14.4. The van der Waals surface area contributed by atoms with Crippen LogP contribution < -0.4 is 9.64 Å². The van der Waals surface area contributed by atoms with Gasteiger partial charge in [-0.2, -0.15) is 0 Å². The number of ether oxygens (including phenoxy) is 1.